The Morgan fingerprint density at radius 3 is 2.35 bits per heavy atom. The number of ether oxygens (including phenoxy) is 2. The van der Waals surface area contributed by atoms with Gasteiger partial charge in [0.2, 0.25) is 0 Å². The maximum Gasteiger partial charge on any atom is 0.433 e. The first-order valence-electron chi connectivity index (χ1n) is 12.1. The average molecular weight is 545 g/mol. The number of rotatable bonds is 7. The van der Waals surface area contributed by atoms with Crippen LogP contribution >= 0.6 is 0 Å². The minimum absolute atomic E-state index is 0.0125. The summed E-state index contributed by atoms with van der Waals surface area (Å²) in [6.07, 6.45) is 0.0535. The summed E-state index contributed by atoms with van der Waals surface area (Å²) in [6.45, 7) is 0. The Balaban J connectivity index is 1.55. The number of hydrogen-bond donors (Lipinski definition) is 1. The number of nitrogens with zero attached hydrogens (tertiary/aromatic N) is 3. The van der Waals surface area contributed by atoms with Crippen molar-refractivity contribution in [3.05, 3.63) is 107 Å². The number of methoxy groups -OCH3 is 2. The Morgan fingerprint density at radius 2 is 1.62 bits per heavy atom. The van der Waals surface area contributed by atoms with Gasteiger partial charge in [0.25, 0.3) is 5.91 Å². The van der Waals surface area contributed by atoms with E-state index in [2.05, 4.69) is 15.4 Å². The van der Waals surface area contributed by atoms with Crippen molar-refractivity contribution in [1.82, 2.24) is 14.6 Å². The topological polar surface area (TPSA) is 77.8 Å². The lowest BCUT2D eigenvalue weighted by molar-refractivity contribution is -0.142. The highest BCUT2D eigenvalue weighted by Crippen LogP contribution is 2.36. The molecule has 40 heavy (non-hydrogen) atoms. The SMILES string of the molecule is COc1ccc(-c2cc(C(F)(F)F)n3ncc(C(=O)Nc4ccccc4C=Cc4ccccc4)c3n2)cc1OC. The Bertz CT molecular complexity index is 1710. The average Bonchev–Trinajstić information content (AvgIpc) is 3.40. The molecule has 0 unspecified atom stereocenters. The maximum absolute atomic E-state index is 14.1. The second kappa shape index (κ2) is 10.9. The van der Waals surface area contributed by atoms with E-state index in [-0.39, 0.29) is 16.9 Å². The van der Waals surface area contributed by atoms with Crippen LogP contribution in [-0.4, -0.2) is 34.7 Å². The standard InChI is InChI=1S/C30H23F3N4O3/c1-39-25-15-14-21(16-26(25)40-2)24-17-27(30(31,32)33)37-28(35-24)22(18-34-37)29(38)36-23-11-7-6-10-20(23)13-12-19-8-4-3-5-9-19/h3-18H,1-2H3,(H,36,38). The molecule has 0 bridgehead atoms. The minimum atomic E-state index is -4.76. The number of carbonyl (C=O) groups is 1. The summed E-state index contributed by atoms with van der Waals surface area (Å²) in [6, 6.07) is 22.2. The fraction of sp³-hybridized carbons (Fsp3) is 0.100. The van der Waals surface area contributed by atoms with Crippen molar-refractivity contribution in [3.8, 4) is 22.8 Å². The highest BCUT2D eigenvalue weighted by Gasteiger charge is 2.36. The molecule has 10 heteroatoms. The molecular weight excluding hydrogens is 521 g/mol. The van der Waals surface area contributed by atoms with Crippen LogP contribution in [0.2, 0.25) is 0 Å². The van der Waals surface area contributed by atoms with Crippen LogP contribution in [0.4, 0.5) is 18.9 Å². The third-order valence-electron chi connectivity index (χ3n) is 6.15. The number of fused-ring (bicyclic) bond motifs is 1. The molecule has 0 spiro atoms. The van der Waals surface area contributed by atoms with E-state index in [4.69, 9.17) is 9.47 Å². The van der Waals surface area contributed by atoms with Crippen LogP contribution in [0.25, 0.3) is 29.1 Å². The van der Waals surface area contributed by atoms with E-state index < -0.39 is 17.8 Å². The zero-order valence-corrected chi connectivity index (χ0v) is 21.4. The molecule has 7 nitrogen and oxygen atoms in total. The highest BCUT2D eigenvalue weighted by atomic mass is 19.4. The van der Waals surface area contributed by atoms with Crippen LogP contribution < -0.4 is 14.8 Å². The van der Waals surface area contributed by atoms with Gasteiger partial charge in [-0.2, -0.15) is 18.3 Å². The smallest absolute Gasteiger partial charge is 0.433 e. The van der Waals surface area contributed by atoms with E-state index in [1.807, 2.05) is 54.6 Å². The fourth-order valence-electron chi connectivity index (χ4n) is 4.16. The summed E-state index contributed by atoms with van der Waals surface area (Å²) in [5, 5.41) is 6.65. The molecule has 0 atom stereocenters. The molecule has 1 amide bonds. The van der Waals surface area contributed by atoms with Gasteiger partial charge in [0, 0.05) is 11.3 Å². The number of alkyl halides is 3. The lowest BCUT2D eigenvalue weighted by Crippen LogP contribution is -2.16. The van der Waals surface area contributed by atoms with Crippen LogP contribution in [0.15, 0.2) is 85.1 Å². The fourth-order valence-corrected chi connectivity index (χ4v) is 4.16. The molecule has 3 aromatic carbocycles. The first-order valence-corrected chi connectivity index (χ1v) is 12.1. The van der Waals surface area contributed by atoms with Gasteiger partial charge >= 0.3 is 6.18 Å². The first kappa shape index (κ1) is 26.5. The van der Waals surface area contributed by atoms with Crippen LogP contribution in [0.5, 0.6) is 11.5 Å². The monoisotopic (exact) mass is 544 g/mol. The number of halogens is 3. The van der Waals surface area contributed by atoms with E-state index in [9.17, 15) is 18.0 Å². The van der Waals surface area contributed by atoms with Gasteiger partial charge in [0.1, 0.15) is 5.56 Å². The van der Waals surface area contributed by atoms with Crippen molar-refractivity contribution in [1.29, 1.82) is 0 Å². The number of anilines is 1. The lowest BCUT2D eigenvalue weighted by atomic mass is 10.1. The van der Waals surface area contributed by atoms with Gasteiger partial charge in [-0.15, -0.1) is 0 Å². The molecule has 1 N–H and O–H groups in total. The number of aromatic nitrogens is 3. The lowest BCUT2D eigenvalue weighted by Gasteiger charge is -2.13. The van der Waals surface area contributed by atoms with Crippen LogP contribution in [0.1, 0.15) is 27.2 Å². The van der Waals surface area contributed by atoms with E-state index >= 15 is 0 Å². The largest absolute Gasteiger partial charge is 0.493 e. The van der Waals surface area contributed by atoms with Gasteiger partial charge in [-0.1, -0.05) is 60.7 Å². The van der Waals surface area contributed by atoms with Gasteiger partial charge in [0.15, 0.2) is 22.8 Å². The van der Waals surface area contributed by atoms with Crippen LogP contribution in [0.3, 0.4) is 0 Å². The van der Waals surface area contributed by atoms with Crippen molar-refractivity contribution < 1.29 is 27.4 Å². The number of hydrogen-bond acceptors (Lipinski definition) is 5. The third-order valence-corrected chi connectivity index (χ3v) is 6.15. The summed E-state index contributed by atoms with van der Waals surface area (Å²) < 4.78 is 53.4. The molecule has 2 heterocycles. The quantitative estimate of drug-likeness (QED) is 0.227. The van der Waals surface area contributed by atoms with Gasteiger partial charge < -0.3 is 14.8 Å². The number of para-hydroxylation sites is 1. The molecule has 0 aliphatic carbocycles. The van der Waals surface area contributed by atoms with Crippen molar-refractivity contribution in [2.75, 3.05) is 19.5 Å². The minimum Gasteiger partial charge on any atom is -0.493 e. The second-order valence-electron chi connectivity index (χ2n) is 8.67. The zero-order chi connectivity index (χ0) is 28.3. The summed E-state index contributed by atoms with van der Waals surface area (Å²) in [5.74, 6) is 0.0790. The zero-order valence-electron chi connectivity index (χ0n) is 21.4. The summed E-state index contributed by atoms with van der Waals surface area (Å²) >= 11 is 0. The number of carbonyl (C=O) groups excluding carboxylic acids is 1. The molecular formula is C30H23F3N4O3. The molecule has 0 saturated heterocycles. The molecule has 202 valence electrons. The van der Waals surface area contributed by atoms with E-state index in [0.29, 0.717) is 32.8 Å². The Hall–Kier alpha value is -5.12. The van der Waals surface area contributed by atoms with E-state index in [1.54, 1.807) is 24.3 Å². The second-order valence-corrected chi connectivity index (χ2v) is 8.67. The Morgan fingerprint density at radius 1 is 0.900 bits per heavy atom. The predicted octanol–water partition coefficient (Wildman–Crippen LogP) is 6.86. The number of amides is 1. The van der Waals surface area contributed by atoms with E-state index in [0.717, 1.165) is 17.8 Å². The molecule has 0 aliphatic heterocycles. The van der Waals surface area contributed by atoms with Crippen molar-refractivity contribution in [2.24, 2.45) is 0 Å². The molecule has 5 rings (SSSR count). The molecule has 0 fully saturated rings. The molecule has 0 radical (unpaired) electrons. The van der Waals surface area contributed by atoms with Gasteiger partial charge in [0.05, 0.1) is 26.1 Å². The maximum atomic E-state index is 14.1. The highest BCUT2D eigenvalue weighted by molar-refractivity contribution is 6.09. The van der Waals surface area contributed by atoms with Gasteiger partial charge in [-0.05, 0) is 41.5 Å². The first-order chi connectivity index (χ1) is 19.3. The predicted molar refractivity (Wildman–Crippen MR) is 146 cm³/mol. The van der Waals surface area contributed by atoms with Crippen molar-refractivity contribution in [3.63, 3.8) is 0 Å². The molecule has 2 aromatic heterocycles. The van der Waals surface area contributed by atoms with Gasteiger partial charge in [-0.25, -0.2) is 9.50 Å². The Labute approximate surface area is 227 Å². The van der Waals surface area contributed by atoms with Crippen LogP contribution in [-0.2, 0) is 6.18 Å². The molecule has 5 aromatic rings. The molecule has 0 saturated carbocycles. The third kappa shape index (κ3) is 5.37. The normalized spacial score (nSPS) is 11.6. The van der Waals surface area contributed by atoms with Crippen LogP contribution in [0, 0.1) is 0 Å². The number of nitrogens with one attached hydrogen (secondary N) is 1. The van der Waals surface area contributed by atoms with Gasteiger partial charge in [-0.3, -0.25) is 4.79 Å². The summed E-state index contributed by atoms with van der Waals surface area (Å²) in [5.41, 5.74) is 1.06. The number of benzene rings is 3. The molecule has 0 aliphatic rings. The summed E-state index contributed by atoms with van der Waals surface area (Å²) in [7, 11) is 2.88. The summed E-state index contributed by atoms with van der Waals surface area (Å²) in [4.78, 5) is 17.8. The Kier molecular flexibility index (Phi) is 7.24. The van der Waals surface area contributed by atoms with E-state index in [1.165, 1.54) is 20.3 Å². The van der Waals surface area contributed by atoms with Crippen molar-refractivity contribution >= 4 is 29.4 Å². The van der Waals surface area contributed by atoms with Crippen molar-refractivity contribution in [2.45, 2.75) is 6.18 Å².